The van der Waals surface area contributed by atoms with E-state index in [0.29, 0.717) is 0 Å². The molecule has 1 heteroatoms. The molecule has 0 amide bonds. The van der Waals surface area contributed by atoms with Crippen molar-refractivity contribution in [3.8, 4) is 0 Å². The first-order chi connectivity index (χ1) is 6.45. The minimum atomic E-state index is -0.173. The van der Waals surface area contributed by atoms with Gasteiger partial charge in [-0.15, -0.1) is 0 Å². The standard InChI is InChI=1S/C12H9Te/c1-3-7-11(8-4-1)13-12-9-5-2-6-10-12/h1,3-10H/q+1. The molecule has 62 valence electrons. The summed E-state index contributed by atoms with van der Waals surface area (Å²) in [5, 5.41) is 0. The van der Waals surface area contributed by atoms with Crippen LogP contribution in [0.3, 0.4) is 0 Å². The van der Waals surface area contributed by atoms with Gasteiger partial charge in [-0.3, -0.25) is 0 Å². The van der Waals surface area contributed by atoms with Gasteiger partial charge in [0.1, 0.15) is 0 Å². The Hall–Kier alpha value is -0.860. The van der Waals surface area contributed by atoms with Gasteiger partial charge >= 0.3 is 88.9 Å². The summed E-state index contributed by atoms with van der Waals surface area (Å²) in [6, 6.07) is 10.7. The van der Waals surface area contributed by atoms with Crippen LogP contribution in [0, 0.1) is 6.08 Å². The molecule has 1 aromatic carbocycles. The third kappa shape index (κ3) is 2.54. The van der Waals surface area contributed by atoms with Crippen molar-refractivity contribution in [1.29, 1.82) is 0 Å². The van der Waals surface area contributed by atoms with Crippen molar-refractivity contribution in [2.45, 2.75) is 0 Å². The summed E-state index contributed by atoms with van der Waals surface area (Å²) in [5.74, 6) is 0. The summed E-state index contributed by atoms with van der Waals surface area (Å²) >= 11 is -0.173. The van der Waals surface area contributed by atoms with Crippen LogP contribution in [-0.2, 0) is 0 Å². The van der Waals surface area contributed by atoms with Crippen LogP contribution in [0.1, 0.15) is 0 Å². The fourth-order valence-corrected chi connectivity index (χ4v) is 3.45. The number of hydrogen-bond acceptors (Lipinski definition) is 0. The molecule has 0 nitrogen and oxygen atoms in total. The van der Waals surface area contributed by atoms with Gasteiger partial charge in [-0.25, -0.2) is 0 Å². The maximum absolute atomic E-state index is 3.04. The van der Waals surface area contributed by atoms with Gasteiger partial charge in [-0.1, -0.05) is 0 Å². The van der Waals surface area contributed by atoms with Gasteiger partial charge < -0.3 is 0 Å². The van der Waals surface area contributed by atoms with Crippen LogP contribution in [0.5, 0.6) is 0 Å². The minimum absolute atomic E-state index is 0.173. The van der Waals surface area contributed by atoms with E-state index in [9.17, 15) is 0 Å². The number of rotatable bonds is 2. The first-order valence-corrected chi connectivity index (χ1v) is 6.47. The monoisotopic (exact) mass is 283 g/mol. The molecule has 0 atom stereocenters. The van der Waals surface area contributed by atoms with Gasteiger partial charge in [-0.2, -0.15) is 0 Å². The van der Waals surface area contributed by atoms with Crippen molar-refractivity contribution in [3.63, 3.8) is 0 Å². The van der Waals surface area contributed by atoms with E-state index < -0.39 is 0 Å². The van der Waals surface area contributed by atoms with E-state index in [2.05, 4.69) is 48.6 Å². The Balaban J connectivity index is 2.11. The third-order valence-electron chi connectivity index (χ3n) is 1.67. The van der Waals surface area contributed by atoms with E-state index in [1.807, 2.05) is 12.2 Å². The molecule has 0 N–H and O–H groups in total. The number of benzene rings is 1. The van der Waals surface area contributed by atoms with E-state index in [0.717, 1.165) is 0 Å². The molecule has 0 spiro atoms. The molecule has 0 saturated heterocycles. The second kappa shape index (κ2) is 4.40. The van der Waals surface area contributed by atoms with Gasteiger partial charge in [0.25, 0.3) is 0 Å². The molecule has 0 fully saturated rings. The topological polar surface area (TPSA) is 0 Å². The van der Waals surface area contributed by atoms with Crippen molar-refractivity contribution in [2.24, 2.45) is 0 Å². The van der Waals surface area contributed by atoms with Crippen LogP contribution in [0.2, 0.25) is 0 Å². The molecule has 13 heavy (non-hydrogen) atoms. The van der Waals surface area contributed by atoms with E-state index in [1.165, 1.54) is 7.23 Å². The van der Waals surface area contributed by atoms with Crippen LogP contribution >= 0.6 is 0 Å². The Bertz CT molecular complexity index is 358. The Morgan fingerprint density at radius 1 is 1.08 bits per heavy atom. The van der Waals surface area contributed by atoms with Crippen molar-refractivity contribution in [3.05, 3.63) is 64.3 Å². The Kier molecular flexibility index (Phi) is 2.95. The zero-order valence-corrected chi connectivity index (χ0v) is 9.43. The molecule has 1 aromatic rings. The van der Waals surface area contributed by atoms with Crippen LogP contribution < -0.4 is 3.61 Å². The number of allylic oxidation sites excluding steroid dienone is 6. The Labute approximate surface area is 88.7 Å². The fraction of sp³-hybridized carbons (Fsp3) is 0. The quantitative estimate of drug-likeness (QED) is 0.573. The second-order valence-electron chi connectivity index (χ2n) is 2.65. The third-order valence-corrected chi connectivity index (χ3v) is 4.57. The molecule has 2 rings (SSSR count). The average molecular weight is 281 g/mol. The summed E-state index contributed by atoms with van der Waals surface area (Å²) in [6.07, 6.45) is 11.3. The Morgan fingerprint density at radius 3 is 2.62 bits per heavy atom. The molecule has 0 radical (unpaired) electrons. The first-order valence-electron chi connectivity index (χ1n) is 4.14. The zero-order valence-electron chi connectivity index (χ0n) is 7.10. The van der Waals surface area contributed by atoms with Crippen molar-refractivity contribution >= 4 is 24.5 Å². The molecular formula is C12H9Te+. The summed E-state index contributed by atoms with van der Waals surface area (Å²) in [5.41, 5.74) is 0. The summed E-state index contributed by atoms with van der Waals surface area (Å²) in [6.45, 7) is 0. The van der Waals surface area contributed by atoms with Gasteiger partial charge in [0, 0.05) is 0 Å². The van der Waals surface area contributed by atoms with Crippen molar-refractivity contribution in [2.75, 3.05) is 0 Å². The van der Waals surface area contributed by atoms with E-state index >= 15 is 0 Å². The predicted octanol–water partition coefficient (Wildman–Crippen LogP) is 1.83. The molecule has 0 bridgehead atoms. The summed E-state index contributed by atoms with van der Waals surface area (Å²) < 4.78 is 2.95. The van der Waals surface area contributed by atoms with E-state index in [-0.39, 0.29) is 20.9 Å². The molecule has 0 aromatic heterocycles. The molecule has 0 saturated carbocycles. The SMILES string of the molecule is [C+]1=CC=C([Te]c2ccccc2)C=C1. The Morgan fingerprint density at radius 2 is 1.92 bits per heavy atom. The van der Waals surface area contributed by atoms with Gasteiger partial charge in [0.05, 0.1) is 0 Å². The van der Waals surface area contributed by atoms with Gasteiger partial charge in [-0.05, 0) is 0 Å². The summed E-state index contributed by atoms with van der Waals surface area (Å²) in [7, 11) is 0. The normalized spacial score (nSPS) is 13.7. The fourth-order valence-electron chi connectivity index (χ4n) is 1.06. The van der Waals surface area contributed by atoms with Crippen molar-refractivity contribution in [1.82, 2.24) is 0 Å². The maximum atomic E-state index is 3.04. The van der Waals surface area contributed by atoms with Crippen molar-refractivity contribution < 1.29 is 0 Å². The van der Waals surface area contributed by atoms with Gasteiger partial charge in [0.2, 0.25) is 0 Å². The van der Waals surface area contributed by atoms with Crippen LogP contribution in [0.15, 0.2) is 58.3 Å². The average Bonchev–Trinajstić information content (AvgIpc) is 2.21. The molecular weight excluding hydrogens is 272 g/mol. The number of hydrogen-bond donors (Lipinski definition) is 0. The molecule has 0 unspecified atom stereocenters. The molecule has 1 aliphatic carbocycles. The first kappa shape index (κ1) is 8.73. The molecule has 0 aliphatic heterocycles. The van der Waals surface area contributed by atoms with Crippen LogP contribution in [0.4, 0.5) is 0 Å². The van der Waals surface area contributed by atoms with Crippen LogP contribution in [0.25, 0.3) is 0 Å². The van der Waals surface area contributed by atoms with E-state index in [4.69, 9.17) is 0 Å². The van der Waals surface area contributed by atoms with E-state index in [1.54, 1.807) is 0 Å². The molecule has 1 aliphatic rings. The zero-order chi connectivity index (χ0) is 8.93. The second-order valence-corrected chi connectivity index (χ2v) is 5.92. The summed E-state index contributed by atoms with van der Waals surface area (Å²) in [4.78, 5) is 0. The van der Waals surface area contributed by atoms with Crippen LogP contribution in [-0.4, -0.2) is 20.9 Å². The molecule has 0 heterocycles. The van der Waals surface area contributed by atoms with Gasteiger partial charge in [0.15, 0.2) is 0 Å². The predicted molar refractivity (Wildman–Crippen MR) is 56.9 cm³/mol.